The molecule has 0 spiro atoms. The van der Waals surface area contributed by atoms with Gasteiger partial charge in [-0.3, -0.25) is 14.9 Å². The lowest BCUT2D eigenvalue weighted by Gasteiger charge is -2.21. The zero-order valence-electron chi connectivity index (χ0n) is 12.1. The first-order valence-electron chi connectivity index (χ1n) is 7.18. The largest absolute Gasteiger partial charge is 0.349 e. The van der Waals surface area contributed by atoms with Gasteiger partial charge < -0.3 is 5.32 Å². The fraction of sp³-hybridized carbons (Fsp3) is 0.533. The Morgan fingerprint density at radius 3 is 2.71 bits per heavy atom. The topological polar surface area (TPSA) is 72.2 Å². The van der Waals surface area contributed by atoms with Gasteiger partial charge in [-0.1, -0.05) is 31.9 Å². The molecule has 1 fully saturated rings. The van der Waals surface area contributed by atoms with Crippen LogP contribution in [-0.2, 0) is 0 Å². The van der Waals surface area contributed by atoms with E-state index >= 15 is 0 Å². The van der Waals surface area contributed by atoms with Crippen molar-refractivity contribution in [3.63, 3.8) is 0 Å². The smallest absolute Gasteiger partial charge is 0.270 e. The van der Waals surface area contributed by atoms with E-state index in [4.69, 9.17) is 11.6 Å². The SMILES string of the molecule is CCC1CCC(NC(=O)c2ccc([N+](=O)[O-])cc2Cl)C1C. The first kappa shape index (κ1) is 15.8. The van der Waals surface area contributed by atoms with Gasteiger partial charge in [0.1, 0.15) is 0 Å². The van der Waals surface area contributed by atoms with E-state index in [1.54, 1.807) is 0 Å². The van der Waals surface area contributed by atoms with Gasteiger partial charge in [0.25, 0.3) is 11.6 Å². The predicted molar refractivity (Wildman–Crippen MR) is 81.5 cm³/mol. The summed E-state index contributed by atoms with van der Waals surface area (Å²) in [5.74, 6) is 0.821. The second-order valence-corrected chi connectivity index (χ2v) is 6.01. The van der Waals surface area contributed by atoms with E-state index in [1.165, 1.54) is 18.2 Å². The van der Waals surface area contributed by atoms with E-state index in [-0.39, 0.29) is 28.2 Å². The third kappa shape index (κ3) is 3.35. The number of rotatable bonds is 4. The van der Waals surface area contributed by atoms with E-state index in [9.17, 15) is 14.9 Å². The molecule has 5 nitrogen and oxygen atoms in total. The summed E-state index contributed by atoms with van der Waals surface area (Å²) in [5.41, 5.74) is 0.172. The molecule has 3 unspecified atom stereocenters. The normalized spacial score (nSPS) is 24.8. The minimum atomic E-state index is -0.529. The van der Waals surface area contributed by atoms with Crippen LogP contribution in [-0.4, -0.2) is 16.9 Å². The fourth-order valence-corrected chi connectivity index (χ4v) is 3.34. The van der Waals surface area contributed by atoms with Gasteiger partial charge >= 0.3 is 0 Å². The molecule has 114 valence electrons. The number of nitrogens with zero attached hydrogens (tertiary/aromatic N) is 1. The molecule has 0 heterocycles. The van der Waals surface area contributed by atoms with Crippen LogP contribution >= 0.6 is 11.6 Å². The Morgan fingerprint density at radius 2 is 2.19 bits per heavy atom. The fourth-order valence-electron chi connectivity index (χ4n) is 3.08. The van der Waals surface area contributed by atoms with Crippen LogP contribution in [0.4, 0.5) is 5.69 Å². The van der Waals surface area contributed by atoms with Crippen molar-refractivity contribution in [3.05, 3.63) is 38.9 Å². The summed E-state index contributed by atoms with van der Waals surface area (Å²) < 4.78 is 0. The number of carbonyl (C=O) groups is 1. The highest BCUT2D eigenvalue weighted by Crippen LogP contribution is 2.34. The third-order valence-corrected chi connectivity index (χ3v) is 4.79. The molecule has 1 aliphatic carbocycles. The predicted octanol–water partition coefficient (Wildman–Crippen LogP) is 3.80. The van der Waals surface area contributed by atoms with Gasteiger partial charge in [-0.25, -0.2) is 0 Å². The first-order valence-corrected chi connectivity index (χ1v) is 7.56. The zero-order valence-corrected chi connectivity index (χ0v) is 12.9. The minimum absolute atomic E-state index is 0.111. The van der Waals surface area contributed by atoms with Crippen molar-refractivity contribution in [2.75, 3.05) is 0 Å². The maximum atomic E-state index is 12.3. The molecular formula is C15H19ClN2O3. The van der Waals surface area contributed by atoms with E-state index in [1.807, 2.05) is 0 Å². The van der Waals surface area contributed by atoms with Gasteiger partial charge in [0.2, 0.25) is 0 Å². The number of non-ortho nitro benzene ring substituents is 1. The van der Waals surface area contributed by atoms with Crippen molar-refractivity contribution >= 4 is 23.2 Å². The summed E-state index contributed by atoms with van der Waals surface area (Å²) in [4.78, 5) is 22.4. The molecule has 1 aromatic carbocycles. The summed E-state index contributed by atoms with van der Waals surface area (Å²) in [5, 5.41) is 13.8. The maximum absolute atomic E-state index is 12.3. The molecular weight excluding hydrogens is 292 g/mol. The number of benzene rings is 1. The van der Waals surface area contributed by atoms with Crippen LogP contribution in [0, 0.1) is 22.0 Å². The summed E-state index contributed by atoms with van der Waals surface area (Å²) in [6, 6.07) is 4.07. The van der Waals surface area contributed by atoms with Crippen molar-refractivity contribution in [1.29, 1.82) is 0 Å². The number of halogens is 1. The van der Waals surface area contributed by atoms with Gasteiger partial charge in [0, 0.05) is 18.2 Å². The van der Waals surface area contributed by atoms with Crippen LogP contribution in [0.5, 0.6) is 0 Å². The van der Waals surface area contributed by atoms with Gasteiger partial charge in [-0.2, -0.15) is 0 Å². The average Bonchev–Trinajstić information content (AvgIpc) is 2.79. The number of hydrogen-bond acceptors (Lipinski definition) is 3. The molecule has 0 radical (unpaired) electrons. The number of carbonyl (C=O) groups excluding carboxylic acids is 1. The molecule has 21 heavy (non-hydrogen) atoms. The molecule has 1 saturated carbocycles. The molecule has 6 heteroatoms. The Hall–Kier alpha value is -1.62. The summed E-state index contributed by atoms with van der Waals surface area (Å²) in [6.07, 6.45) is 3.21. The second-order valence-electron chi connectivity index (χ2n) is 5.61. The summed E-state index contributed by atoms with van der Waals surface area (Å²) in [7, 11) is 0. The lowest BCUT2D eigenvalue weighted by Crippen LogP contribution is -2.37. The highest BCUT2D eigenvalue weighted by Gasteiger charge is 2.32. The quantitative estimate of drug-likeness (QED) is 0.679. The van der Waals surface area contributed by atoms with Crippen LogP contribution in [0.1, 0.15) is 43.5 Å². The van der Waals surface area contributed by atoms with Crippen molar-refractivity contribution < 1.29 is 9.72 Å². The van der Waals surface area contributed by atoms with Crippen LogP contribution < -0.4 is 5.32 Å². The number of amides is 1. The Bertz CT molecular complexity index is 562. The Labute approximate surface area is 128 Å². The van der Waals surface area contributed by atoms with Gasteiger partial charge in [0.15, 0.2) is 0 Å². The minimum Gasteiger partial charge on any atom is -0.349 e. The van der Waals surface area contributed by atoms with Crippen molar-refractivity contribution in [3.8, 4) is 0 Å². The van der Waals surface area contributed by atoms with E-state index in [0.29, 0.717) is 11.8 Å². The molecule has 3 atom stereocenters. The maximum Gasteiger partial charge on any atom is 0.270 e. The highest BCUT2D eigenvalue weighted by molar-refractivity contribution is 6.34. The third-order valence-electron chi connectivity index (χ3n) is 4.48. The van der Waals surface area contributed by atoms with Gasteiger partial charge in [-0.15, -0.1) is 0 Å². The second kappa shape index (κ2) is 6.43. The molecule has 0 saturated heterocycles. The van der Waals surface area contributed by atoms with Crippen molar-refractivity contribution in [2.45, 2.75) is 39.2 Å². The van der Waals surface area contributed by atoms with E-state index in [0.717, 1.165) is 19.3 Å². The number of nitrogens with one attached hydrogen (secondary N) is 1. The lowest BCUT2D eigenvalue weighted by atomic mass is 9.93. The highest BCUT2D eigenvalue weighted by atomic mass is 35.5. The zero-order chi connectivity index (χ0) is 15.6. The van der Waals surface area contributed by atoms with Crippen LogP contribution in [0.2, 0.25) is 5.02 Å². The van der Waals surface area contributed by atoms with E-state index in [2.05, 4.69) is 19.2 Å². The Morgan fingerprint density at radius 1 is 1.48 bits per heavy atom. The first-order chi connectivity index (χ1) is 9.93. The van der Waals surface area contributed by atoms with Crippen LogP contribution in [0.15, 0.2) is 18.2 Å². The van der Waals surface area contributed by atoms with Crippen LogP contribution in [0.25, 0.3) is 0 Å². The molecule has 1 amide bonds. The monoisotopic (exact) mass is 310 g/mol. The van der Waals surface area contributed by atoms with Gasteiger partial charge in [0.05, 0.1) is 15.5 Å². The Balaban J connectivity index is 2.09. The molecule has 2 rings (SSSR count). The average molecular weight is 311 g/mol. The molecule has 0 aliphatic heterocycles. The molecule has 0 bridgehead atoms. The van der Waals surface area contributed by atoms with Crippen LogP contribution in [0.3, 0.4) is 0 Å². The lowest BCUT2D eigenvalue weighted by molar-refractivity contribution is -0.384. The van der Waals surface area contributed by atoms with Gasteiger partial charge in [-0.05, 0) is 30.7 Å². The number of nitro benzene ring substituents is 1. The molecule has 1 aromatic rings. The number of hydrogen-bond donors (Lipinski definition) is 1. The molecule has 0 aromatic heterocycles. The van der Waals surface area contributed by atoms with Crippen molar-refractivity contribution in [2.24, 2.45) is 11.8 Å². The number of nitro groups is 1. The van der Waals surface area contributed by atoms with Crippen molar-refractivity contribution in [1.82, 2.24) is 5.32 Å². The summed E-state index contributed by atoms with van der Waals surface area (Å²) in [6.45, 7) is 4.32. The van der Waals surface area contributed by atoms with E-state index < -0.39 is 4.92 Å². The Kier molecular flexibility index (Phi) is 4.83. The molecule has 1 N–H and O–H groups in total. The summed E-state index contributed by atoms with van der Waals surface area (Å²) >= 11 is 5.98. The molecule has 1 aliphatic rings. The standard InChI is InChI=1S/C15H19ClN2O3/c1-3-10-4-7-14(9(10)2)17-15(19)12-6-5-11(18(20)21)8-13(12)16/h5-6,8-10,14H,3-4,7H2,1-2H3,(H,17,19).